The van der Waals surface area contributed by atoms with Gasteiger partial charge in [-0.15, -0.1) is 11.3 Å². The zero-order valence-electron chi connectivity index (χ0n) is 10.2. The van der Waals surface area contributed by atoms with Crippen molar-refractivity contribution in [1.29, 1.82) is 0 Å². The van der Waals surface area contributed by atoms with Crippen LogP contribution < -0.4 is 5.32 Å². The smallest absolute Gasteiger partial charge is 0.224 e. The first-order valence-corrected chi connectivity index (χ1v) is 7.13. The highest BCUT2D eigenvalue weighted by atomic mass is 35.5. The van der Waals surface area contributed by atoms with E-state index < -0.39 is 6.10 Å². The van der Waals surface area contributed by atoms with E-state index in [9.17, 15) is 9.90 Å². The van der Waals surface area contributed by atoms with Gasteiger partial charge in [0.1, 0.15) is 6.10 Å². The van der Waals surface area contributed by atoms with Crippen molar-refractivity contribution in [2.45, 2.75) is 12.5 Å². The average Bonchev–Trinajstić information content (AvgIpc) is 2.93. The van der Waals surface area contributed by atoms with Crippen molar-refractivity contribution in [3.63, 3.8) is 0 Å². The molecule has 1 aromatic carbocycles. The van der Waals surface area contributed by atoms with E-state index in [0.29, 0.717) is 5.02 Å². The van der Waals surface area contributed by atoms with Gasteiger partial charge in [0.05, 0.1) is 6.42 Å². The van der Waals surface area contributed by atoms with E-state index in [1.54, 1.807) is 12.1 Å². The van der Waals surface area contributed by atoms with E-state index in [0.717, 1.165) is 10.4 Å². The monoisotopic (exact) mass is 295 g/mol. The van der Waals surface area contributed by atoms with Crippen LogP contribution in [0.4, 0.5) is 0 Å². The van der Waals surface area contributed by atoms with Gasteiger partial charge in [0.2, 0.25) is 5.91 Å². The second kappa shape index (κ2) is 6.70. The Morgan fingerprint density at radius 1 is 1.32 bits per heavy atom. The topological polar surface area (TPSA) is 49.3 Å². The van der Waals surface area contributed by atoms with Crippen LogP contribution in [0.5, 0.6) is 0 Å². The lowest BCUT2D eigenvalue weighted by atomic mass is 10.1. The Bertz CT molecular complexity index is 525. The summed E-state index contributed by atoms with van der Waals surface area (Å²) in [7, 11) is 0. The second-order valence-corrected chi connectivity index (χ2v) is 5.55. The Hall–Kier alpha value is -1.36. The molecule has 0 spiro atoms. The predicted molar refractivity (Wildman–Crippen MR) is 77.4 cm³/mol. The quantitative estimate of drug-likeness (QED) is 0.891. The molecule has 1 unspecified atom stereocenters. The van der Waals surface area contributed by atoms with Crippen molar-refractivity contribution >= 4 is 28.8 Å². The number of aliphatic hydroxyl groups excluding tert-OH is 1. The van der Waals surface area contributed by atoms with E-state index in [2.05, 4.69) is 5.32 Å². The molecule has 2 rings (SSSR count). The Kier molecular flexibility index (Phi) is 4.96. The van der Waals surface area contributed by atoms with Crippen LogP contribution in [0.1, 0.15) is 16.5 Å². The minimum absolute atomic E-state index is 0.113. The third-order valence-corrected chi connectivity index (χ3v) is 3.87. The maximum Gasteiger partial charge on any atom is 0.224 e. The van der Waals surface area contributed by atoms with E-state index >= 15 is 0 Å². The Morgan fingerprint density at radius 2 is 2.05 bits per heavy atom. The molecular formula is C14H14ClNO2S. The van der Waals surface area contributed by atoms with Crippen LogP contribution in [0.2, 0.25) is 5.02 Å². The molecule has 0 aliphatic carbocycles. The second-order valence-electron chi connectivity index (χ2n) is 4.14. The van der Waals surface area contributed by atoms with Gasteiger partial charge < -0.3 is 10.4 Å². The van der Waals surface area contributed by atoms with E-state index in [-0.39, 0.29) is 18.9 Å². The molecule has 5 heteroatoms. The van der Waals surface area contributed by atoms with Crippen molar-refractivity contribution in [2.24, 2.45) is 0 Å². The summed E-state index contributed by atoms with van der Waals surface area (Å²) in [5.74, 6) is -0.113. The molecule has 0 aliphatic rings. The summed E-state index contributed by atoms with van der Waals surface area (Å²) in [5, 5.41) is 15.1. The summed E-state index contributed by atoms with van der Waals surface area (Å²) in [5.41, 5.74) is 0.896. The number of thiophene rings is 1. The number of hydrogen-bond acceptors (Lipinski definition) is 3. The van der Waals surface area contributed by atoms with E-state index in [1.807, 2.05) is 29.6 Å². The van der Waals surface area contributed by atoms with E-state index in [1.165, 1.54) is 11.3 Å². The predicted octanol–water partition coefficient (Wildman–Crippen LogP) is 2.79. The highest BCUT2D eigenvalue weighted by Gasteiger charge is 2.10. The zero-order chi connectivity index (χ0) is 13.7. The molecule has 0 fully saturated rings. The number of rotatable bonds is 5. The van der Waals surface area contributed by atoms with Crippen molar-refractivity contribution in [1.82, 2.24) is 5.32 Å². The maximum atomic E-state index is 11.7. The molecule has 0 aliphatic heterocycles. The molecule has 0 bridgehead atoms. The normalized spacial score (nSPS) is 12.1. The molecular weight excluding hydrogens is 282 g/mol. The molecule has 1 heterocycles. The first kappa shape index (κ1) is 14.1. The fraction of sp³-hybridized carbons (Fsp3) is 0.214. The van der Waals surface area contributed by atoms with Gasteiger partial charge in [0, 0.05) is 16.4 Å². The van der Waals surface area contributed by atoms with Gasteiger partial charge in [0.15, 0.2) is 0 Å². The number of hydrogen-bond donors (Lipinski definition) is 2. The molecule has 0 saturated carbocycles. The lowest BCUT2D eigenvalue weighted by Gasteiger charge is -2.10. The third-order valence-electron chi connectivity index (χ3n) is 2.64. The first-order valence-electron chi connectivity index (χ1n) is 5.88. The number of amides is 1. The summed E-state index contributed by atoms with van der Waals surface area (Å²) in [4.78, 5) is 12.6. The van der Waals surface area contributed by atoms with Crippen molar-refractivity contribution in [2.75, 3.05) is 6.54 Å². The number of aliphatic hydroxyl groups is 1. The molecule has 19 heavy (non-hydrogen) atoms. The third kappa shape index (κ3) is 4.35. The number of nitrogens with one attached hydrogen (secondary N) is 1. The Morgan fingerprint density at radius 3 is 2.68 bits per heavy atom. The average molecular weight is 296 g/mol. The molecule has 3 nitrogen and oxygen atoms in total. The zero-order valence-corrected chi connectivity index (χ0v) is 11.7. The van der Waals surface area contributed by atoms with Gasteiger partial charge in [-0.3, -0.25) is 4.79 Å². The van der Waals surface area contributed by atoms with Crippen LogP contribution in [0.15, 0.2) is 41.8 Å². The van der Waals surface area contributed by atoms with Gasteiger partial charge in [0.25, 0.3) is 0 Å². The number of carbonyl (C=O) groups excluding carboxylic acids is 1. The van der Waals surface area contributed by atoms with Crippen LogP contribution in [0.3, 0.4) is 0 Å². The molecule has 100 valence electrons. The fourth-order valence-corrected chi connectivity index (χ4v) is 2.48. The molecule has 2 N–H and O–H groups in total. The number of halogens is 1. The van der Waals surface area contributed by atoms with Crippen LogP contribution in [0.25, 0.3) is 0 Å². The lowest BCUT2D eigenvalue weighted by Crippen LogP contribution is -2.29. The standard InChI is InChI=1S/C14H14ClNO2S/c15-11-5-3-10(4-6-11)8-14(18)16-9-12(17)13-2-1-7-19-13/h1-7,12,17H,8-9H2,(H,16,18). The SMILES string of the molecule is O=C(Cc1ccc(Cl)cc1)NCC(O)c1cccs1. The Labute approximate surface area is 120 Å². The summed E-state index contributed by atoms with van der Waals surface area (Å²) in [6.45, 7) is 0.229. The molecule has 0 saturated heterocycles. The largest absolute Gasteiger partial charge is 0.386 e. The fourth-order valence-electron chi connectivity index (χ4n) is 1.64. The molecule has 1 atom stereocenters. The van der Waals surface area contributed by atoms with Crippen LogP contribution in [0, 0.1) is 0 Å². The Balaban J connectivity index is 1.80. The van der Waals surface area contributed by atoms with E-state index in [4.69, 9.17) is 11.6 Å². The van der Waals surface area contributed by atoms with Crippen LogP contribution >= 0.6 is 22.9 Å². The lowest BCUT2D eigenvalue weighted by molar-refractivity contribution is -0.120. The van der Waals surface area contributed by atoms with Gasteiger partial charge in [-0.25, -0.2) is 0 Å². The van der Waals surface area contributed by atoms with Gasteiger partial charge >= 0.3 is 0 Å². The van der Waals surface area contributed by atoms with Gasteiger partial charge in [-0.1, -0.05) is 29.8 Å². The molecule has 2 aromatic rings. The summed E-state index contributed by atoms with van der Waals surface area (Å²) >= 11 is 7.25. The first-order chi connectivity index (χ1) is 9.15. The highest BCUT2D eigenvalue weighted by molar-refractivity contribution is 7.10. The van der Waals surface area contributed by atoms with Crippen molar-refractivity contribution < 1.29 is 9.90 Å². The summed E-state index contributed by atoms with van der Waals surface area (Å²) in [6, 6.07) is 10.9. The van der Waals surface area contributed by atoms with Gasteiger partial charge in [-0.2, -0.15) is 0 Å². The number of benzene rings is 1. The molecule has 1 aromatic heterocycles. The van der Waals surface area contributed by atoms with Crippen molar-refractivity contribution in [3.8, 4) is 0 Å². The highest BCUT2D eigenvalue weighted by Crippen LogP contribution is 2.17. The summed E-state index contributed by atoms with van der Waals surface area (Å²) in [6.07, 6.45) is -0.358. The van der Waals surface area contributed by atoms with Gasteiger partial charge in [-0.05, 0) is 29.1 Å². The number of carbonyl (C=O) groups is 1. The molecule has 0 radical (unpaired) electrons. The maximum absolute atomic E-state index is 11.7. The van der Waals surface area contributed by atoms with Crippen LogP contribution in [-0.2, 0) is 11.2 Å². The minimum atomic E-state index is -0.644. The molecule has 1 amide bonds. The summed E-state index contributed by atoms with van der Waals surface area (Å²) < 4.78 is 0. The van der Waals surface area contributed by atoms with Crippen molar-refractivity contribution in [3.05, 3.63) is 57.2 Å². The minimum Gasteiger partial charge on any atom is -0.386 e. The van der Waals surface area contributed by atoms with Crippen LogP contribution in [-0.4, -0.2) is 17.6 Å².